The maximum atomic E-state index is 12.6. The Labute approximate surface area is 648 Å². The van der Waals surface area contributed by atoms with E-state index in [1.165, 1.54) is 0 Å². The number of hydrogen-bond donors (Lipinski definition) is 0. The summed E-state index contributed by atoms with van der Waals surface area (Å²) in [6.07, 6.45) is 23.4. The summed E-state index contributed by atoms with van der Waals surface area (Å²) in [7, 11) is 0. The average molecular weight is 1510 g/mol. The van der Waals surface area contributed by atoms with E-state index in [9.17, 15) is 33.6 Å². The van der Waals surface area contributed by atoms with Gasteiger partial charge in [-0.2, -0.15) is 0 Å². The molecule has 0 aromatic carbocycles. The number of rotatable bonds is 32. The summed E-state index contributed by atoms with van der Waals surface area (Å²) in [4.78, 5) is 86.9. The van der Waals surface area contributed by atoms with Gasteiger partial charge in [-0.15, -0.1) is 0 Å². The Kier molecular flexibility index (Phi) is 37.9. The summed E-state index contributed by atoms with van der Waals surface area (Å²) in [5.41, 5.74) is -8.10. The van der Waals surface area contributed by atoms with Crippen LogP contribution in [0.1, 0.15) is 409 Å². The van der Waals surface area contributed by atoms with Crippen molar-refractivity contribution in [3.05, 3.63) is 0 Å². The molecule has 0 saturated heterocycles. The van der Waals surface area contributed by atoms with E-state index in [-0.39, 0.29) is 65.8 Å². The summed E-state index contributed by atoms with van der Waals surface area (Å²) in [6, 6.07) is 0. The Hall–Kier alpha value is -3.83. The SMILES string of the molecule is CCC(C)(C)C(=O)OC1(C(C)(C)OC(=O)C(C)C)CCCC1.CCC(C)(C)C(=O)OC1(C(C)(C)OC(=O)CC(C)C)CCCC1.CCC(C)(C)C(=O)OC1(C(C)(C)OC(C)C(C)C)CCCC1.CCC(C)(C)C(=O)OC1(C(C)(C)OC(C)C)CCCC1.CCOC(C)(C)C1(OC(=O)C(C)(C)CC)CCCC1. The number of carbonyl (C=O) groups excluding carboxylic acids is 7. The third-order valence-electron chi connectivity index (χ3n) is 25.4. The van der Waals surface area contributed by atoms with Gasteiger partial charge in [-0.1, -0.05) is 76.2 Å². The zero-order valence-electron chi connectivity index (χ0n) is 74.9. The van der Waals surface area contributed by atoms with Gasteiger partial charge in [-0.25, -0.2) is 0 Å². The molecule has 0 aromatic rings. The van der Waals surface area contributed by atoms with E-state index in [0.717, 1.165) is 154 Å². The molecule has 106 heavy (non-hydrogen) atoms. The van der Waals surface area contributed by atoms with Gasteiger partial charge in [-0.3, -0.25) is 33.6 Å². The molecule has 17 heteroatoms. The van der Waals surface area contributed by atoms with Crippen LogP contribution in [0.3, 0.4) is 0 Å². The predicted molar refractivity (Wildman–Crippen MR) is 427 cm³/mol. The van der Waals surface area contributed by atoms with Crippen LogP contribution in [0, 0.1) is 44.8 Å². The molecule has 1 unspecified atom stereocenters. The molecule has 0 aliphatic heterocycles. The fourth-order valence-electron chi connectivity index (χ4n) is 14.3. The average Bonchev–Trinajstić information content (AvgIpc) is 1.56. The van der Waals surface area contributed by atoms with Crippen molar-refractivity contribution in [2.75, 3.05) is 6.61 Å². The Balaban J connectivity index is 0.000000663. The molecular weight excluding hydrogens is 1340 g/mol. The van der Waals surface area contributed by atoms with Gasteiger partial charge in [0, 0.05) is 13.0 Å². The fourth-order valence-corrected chi connectivity index (χ4v) is 14.3. The minimum atomic E-state index is -0.815. The van der Waals surface area contributed by atoms with E-state index >= 15 is 0 Å². The minimum Gasteiger partial charge on any atom is -0.456 e. The molecule has 5 fully saturated rings. The topological polar surface area (TPSA) is 212 Å². The molecule has 5 saturated carbocycles. The van der Waals surface area contributed by atoms with Gasteiger partial charge in [0.25, 0.3) is 0 Å². The van der Waals surface area contributed by atoms with Crippen molar-refractivity contribution in [2.45, 2.75) is 477 Å². The smallest absolute Gasteiger partial charge is 0.312 e. The largest absolute Gasteiger partial charge is 0.456 e. The summed E-state index contributed by atoms with van der Waals surface area (Å²) < 4.78 is 60.0. The third-order valence-corrected chi connectivity index (χ3v) is 25.4. The Bertz CT molecular complexity index is 2720. The van der Waals surface area contributed by atoms with Crippen molar-refractivity contribution in [1.29, 1.82) is 0 Å². The van der Waals surface area contributed by atoms with Crippen LogP contribution >= 0.6 is 0 Å². The van der Waals surface area contributed by atoms with Crippen LogP contribution in [-0.2, 0) is 80.9 Å². The number of ether oxygens (including phenoxy) is 10. The molecule has 622 valence electrons. The first kappa shape index (κ1) is 100. The normalized spacial score (nSPS) is 19.1. The second-order valence-electron chi connectivity index (χ2n) is 39.0. The van der Waals surface area contributed by atoms with Crippen molar-refractivity contribution >= 4 is 41.8 Å². The lowest BCUT2D eigenvalue weighted by Gasteiger charge is -2.46. The van der Waals surface area contributed by atoms with Gasteiger partial charge in [0.05, 0.1) is 45.2 Å². The van der Waals surface area contributed by atoms with Crippen LogP contribution in [0.15, 0.2) is 0 Å². The molecule has 5 aliphatic rings. The van der Waals surface area contributed by atoms with Gasteiger partial charge in [0.1, 0.15) is 44.8 Å². The predicted octanol–water partition coefficient (Wildman–Crippen LogP) is 22.6. The van der Waals surface area contributed by atoms with Crippen LogP contribution in [0.25, 0.3) is 0 Å². The number of hydrogen-bond acceptors (Lipinski definition) is 17. The molecule has 5 aliphatic carbocycles. The van der Waals surface area contributed by atoms with Gasteiger partial charge >= 0.3 is 41.8 Å². The summed E-state index contributed by atoms with van der Waals surface area (Å²) >= 11 is 0. The summed E-state index contributed by atoms with van der Waals surface area (Å²) in [5.74, 6) is -0.650. The molecule has 0 bridgehead atoms. The first-order chi connectivity index (χ1) is 48.2. The molecule has 0 spiro atoms. The van der Waals surface area contributed by atoms with E-state index in [1.807, 2.05) is 194 Å². The first-order valence-electron chi connectivity index (χ1n) is 41.8. The van der Waals surface area contributed by atoms with Gasteiger partial charge in [0.2, 0.25) is 0 Å². The van der Waals surface area contributed by atoms with Crippen LogP contribution in [0.5, 0.6) is 0 Å². The van der Waals surface area contributed by atoms with Crippen molar-refractivity contribution in [2.24, 2.45) is 44.8 Å². The Morgan fingerprint density at radius 2 is 0.538 bits per heavy atom. The highest BCUT2D eigenvalue weighted by atomic mass is 16.6. The van der Waals surface area contributed by atoms with Crippen molar-refractivity contribution in [3.63, 3.8) is 0 Å². The van der Waals surface area contributed by atoms with E-state index in [1.54, 1.807) is 0 Å². The summed E-state index contributed by atoms with van der Waals surface area (Å²) in [5, 5.41) is 0. The van der Waals surface area contributed by atoms with Crippen LogP contribution in [-0.4, -0.2) is 117 Å². The Morgan fingerprint density at radius 3 is 0.745 bits per heavy atom. The first-order valence-corrected chi connectivity index (χ1v) is 41.8. The number of esters is 7. The molecule has 0 radical (unpaired) electrons. The Morgan fingerprint density at radius 1 is 0.311 bits per heavy atom. The molecule has 0 heterocycles. The minimum absolute atomic E-state index is 0.0919. The highest BCUT2D eigenvalue weighted by Gasteiger charge is 2.59. The van der Waals surface area contributed by atoms with Gasteiger partial charge in [-0.05, 0) is 339 Å². The van der Waals surface area contributed by atoms with Crippen LogP contribution in [0.4, 0.5) is 0 Å². The second-order valence-corrected chi connectivity index (χ2v) is 39.0. The van der Waals surface area contributed by atoms with Crippen molar-refractivity contribution < 1.29 is 80.9 Å². The molecule has 17 nitrogen and oxygen atoms in total. The maximum absolute atomic E-state index is 12.6. The molecular formula is C89H164O17. The van der Waals surface area contributed by atoms with Crippen LogP contribution in [0.2, 0.25) is 0 Å². The van der Waals surface area contributed by atoms with E-state index < -0.39 is 83.1 Å². The monoisotopic (exact) mass is 1510 g/mol. The lowest BCUT2D eigenvalue weighted by molar-refractivity contribution is -0.221. The zero-order chi connectivity index (χ0) is 82.6. The molecule has 1 atom stereocenters. The lowest BCUT2D eigenvalue weighted by Crippen LogP contribution is -2.55. The van der Waals surface area contributed by atoms with E-state index in [4.69, 9.17) is 47.4 Å². The summed E-state index contributed by atoms with van der Waals surface area (Å²) in [6.45, 7) is 70.0. The second kappa shape index (κ2) is 40.1. The molecule has 0 aromatic heterocycles. The zero-order valence-corrected chi connectivity index (χ0v) is 74.9. The standard InChI is InChI=1S/C19H34O4.C19H36O3.C18H32O4.C17H32O3.C16H30O3/c1-8-17(4,5)16(21)23-19(11-9-10-12-19)18(6,7)22-15(20)13-14(2)3;1-9-17(5,6)16(20)22-19(12-10-11-13-19)18(7,8)21-15(4)14(2)3;1-8-16(4,5)15(20)22-18(11-9-10-12-18)17(6,7)21-14(19)13(2)3;1-8-15(4,5)14(18)20-17(11-9-10-12-17)16(6,7)19-13(2)3;1-7-14(3,4)13(17)19-16(11-9-10-12-16)15(5,6)18-8-2/h14H,8-13H2,1-7H3;14-15H,9-13H2,1-8H3;13H,8-12H2,1-7H3;13H,8-12H2,1-7H3;7-12H2,1-6H3. The van der Waals surface area contributed by atoms with Crippen LogP contribution < -0.4 is 0 Å². The van der Waals surface area contributed by atoms with E-state index in [0.29, 0.717) is 25.4 Å². The maximum Gasteiger partial charge on any atom is 0.312 e. The van der Waals surface area contributed by atoms with E-state index in [2.05, 4.69) is 48.5 Å². The third kappa shape index (κ3) is 26.7. The molecule has 5 rings (SSSR count). The molecule has 0 N–H and O–H groups in total. The highest BCUT2D eigenvalue weighted by Crippen LogP contribution is 2.51. The fraction of sp³-hybridized carbons (Fsp3) is 0.921. The quantitative estimate of drug-likeness (QED) is 0.0452. The van der Waals surface area contributed by atoms with Crippen molar-refractivity contribution in [3.8, 4) is 0 Å². The molecule has 0 amide bonds. The lowest BCUT2D eigenvalue weighted by atomic mass is 9.82. The van der Waals surface area contributed by atoms with Gasteiger partial charge < -0.3 is 47.4 Å². The van der Waals surface area contributed by atoms with Crippen molar-refractivity contribution in [1.82, 2.24) is 0 Å². The highest BCUT2D eigenvalue weighted by molar-refractivity contribution is 5.79. The number of carbonyl (C=O) groups is 7. The van der Waals surface area contributed by atoms with Gasteiger partial charge in [0.15, 0.2) is 11.2 Å².